The van der Waals surface area contributed by atoms with Crippen LogP contribution in [0.15, 0.2) is 41.0 Å². The Labute approximate surface area is 118 Å². The monoisotopic (exact) mass is 270 g/mol. The number of fused-ring (bicyclic) bond motifs is 1. The predicted octanol–water partition coefficient (Wildman–Crippen LogP) is 2.61. The molecule has 0 bridgehead atoms. The van der Waals surface area contributed by atoms with Crippen molar-refractivity contribution in [3.8, 4) is 0 Å². The Hall–Kier alpha value is -2.23. The number of furan rings is 1. The van der Waals surface area contributed by atoms with Crippen LogP contribution < -0.4 is 10.6 Å². The second-order valence-corrected chi connectivity index (χ2v) is 5.21. The fourth-order valence-electron chi connectivity index (χ4n) is 2.53. The molecule has 2 N–H and O–H groups in total. The third-order valence-corrected chi connectivity index (χ3v) is 3.54. The normalized spacial score (nSPS) is 14.4. The molecule has 0 saturated heterocycles. The van der Waals surface area contributed by atoms with Crippen LogP contribution in [-0.4, -0.2) is 18.5 Å². The quantitative estimate of drug-likeness (QED) is 0.898. The van der Waals surface area contributed by atoms with Crippen LogP contribution in [0.25, 0.3) is 0 Å². The van der Waals surface area contributed by atoms with E-state index < -0.39 is 0 Å². The molecule has 1 amide bonds. The van der Waals surface area contributed by atoms with Crippen molar-refractivity contribution in [1.82, 2.24) is 5.32 Å². The Kier molecular flexibility index (Phi) is 3.46. The van der Waals surface area contributed by atoms with Gasteiger partial charge in [0.1, 0.15) is 5.76 Å². The van der Waals surface area contributed by atoms with E-state index in [-0.39, 0.29) is 11.9 Å². The van der Waals surface area contributed by atoms with Crippen molar-refractivity contribution in [2.45, 2.75) is 25.8 Å². The molecule has 4 nitrogen and oxygen atoms in total. The number of hydrogen-bond acceptors (Lipinski definition) is 3. The summed E-state index contributed by atoms with van der Waals surface area (Å²) in [5.74, 6) is 0.856. The van der Waals surface area contributed by atoms with E-state index in [0.717, 1.165) is 30.0 Å². The summed E-state index contributed by atoms with van der Waals surface area (Å²) in [5.41, 5.74) is 3.08. The minimum atomic E-state index is -0.0289. The maximum atomic E-state index is 12.2. The first-order chi connectivity index (χ1) is 9.72. The number of amides is 1. The van der Waals surface area contributed by atoms with Crippen LogP contribution in [0.1, 0.15) is 28.6 Å². The van der Waals surface area contributed by atoms with Gasteiger partial charge >= 0.3 is 0 Å². The molecule has 0 fully saturated rings. The summed E-state index contributed by atoms with van der Waals surface area (Å²) in [7, 11) is 0. The van der Waals surface area contributed by atoms with E-state index in [1.165, 1.54) is 5.56 Å². The Morgan fingerprint density at radius 2 is 2.35 bits per heavy atom. The summed E-state index contributed by atoms with van der Waals surface area (Å²) in [5, 5.41) is 6.30. The van der Waals surface area contributed by atoms with Crippen molar-refractivity contribution in [2.75, 3.05) is 11.9 Å². The van der Waals surface area contributed by atoms with Gasteiger partial charge in [-0.25, -0.2) is 0 Å². The maximum absolute atomic E-state index is 12.2. The number of carbonyl (C=O) groups is 1. The van der Waals surface area contributed by atoms with Gasteiger partial charge in [-0.15, -0.1) is 0 Å². The van der Waals surface area contributed by atoms with Crippen molar-refractivity contribution < 1.29 is 9.21 Å². The highest BCUT2D eigenvalue weighted by molar-refractivity contribution is 5.95. The molecule has 1 aromatic carbocycles. The lowest BCUT2D eigenvalue weighted by molar-refractivity contribution is 0.0939. The molecule has 0 saturated carbocycles. The summed E-state index contributed by atoms with van der Waals surface area (Å²) in [6.07, 6.45) is 3.33. The predicted molar refractivity (Wildman–Crippen MR) is 78.0 cm³/mol. The molecular formula is C16H18N2O2. The van der Waals surface area contributed by atoms with Gasteiger partial charge in [0.05, 0.1) is 6.26 Å². The molecule has 1 atom stereocenters. The van der Waals surface area contributed by atoms with Gasteiger partial charge in [-0.3, -0.25) is 4.79 Å². The van der Waals surface area contributed by atoms with Crippen molar-refractivity contribution in [1.29, 1.82) is 0 Å². The van der Waals surface area contributed by atoms with E-state index >= 15 is 0 Å². The molecule has 3 rings (SSSR count). The van der Waals surface area contributed by atoms with Gasteiger partial charge in [-0.05, 0) is 49.2 Å². The molecule has 0 radical (unpaired) electrons. The van der Waals surface area contributed by atoms with Crippen LogP contribution in [0, 0.1) is 0 Å². The largest absolute Gasteiger partial charge is 0.469 e. The molecule has 1 unspecified atom stereocenters. The third-order valence-electron chi connectivity index (χ3n) is 3.54. The summed E-state index contributed by atoms with van der Waals surface area (Å²) in [6, 6.07) is 9.64. The maximum Gasteiger partial charge on any atom is 0.251 e. The van der Waals surface area contributed by atoms with Crippen molar-refractivity contribution in [2.24, 2.45) is 0 Å². The number of rotatable bonds is 4. The topological polar surface area (TPSA) is 54.3 Å². The van der Waals surface area contributed by atoms with Gasteiger partial charge in [0.2, 0.25) is 0 Å². The zero-order valence-corrected chi connectivity index (χ0v) is 11.5. The number of anilines is 1. The molecule has 20 heavy (non-hydrogen) atoms. The van der Waals surface area contributed by atoms with E-state index in [0.29, 0.717) is 6.42 Å². The summed E-state index contributed by atoms with van der Waals surface area (Å²) < 4.78 is 5.29. The second-order valence-electron chi connectivity index (χ2n) is 5.21. The fourth-order valence-corrected chi connectivity index (χ4v) is 2.53. The SMILES string of the molecule is CC(Cc1ccco1)NC(=O)c1ccc2c(c1)CCN2. The van der Waals surface area contributed by atoms with Crippen LogP contribution in [-0.2, 0) is 12.8 Å². The van der Waals surface area contributed by atoms with Crippen LogP contribution >= 0.6 is 0 Å². The van der Waals surface area contributed by atoms with Crippen molar-refractivity contribution in [3.63, 3.8) is 0 Å². The molecule has 2 aromatic rings. The lowest BCUT2D eigenvalue weighted by Crippen LogP contribution is -2.34. The average Bonchev–Trinajstić information content (AvgIpc) is 3.07. The molecule has 104 valence electrons. The first-order valence-corrected chi connectivity index (χ1v) is 6.92. The lowest BCUT2D eigenvalue weighted by Gasteiger charge is -2.13. The third kappa shape index (κ3) is 2.69. The van der Waals surface area contributed by atoms with Crippen molar-refractivity contribution in [3.05, 3.63) is 53.5 Å². The Balaban J connectivity index is 1.64. The van der Waals surface area contributed by atoms with Crippen LogP contribution in [0.5, 0.6) is 0 Å². The highest BCUT2D eigenvalue weighted by Crippen LogP contribution is 2.23. The van der Waals surface area contributed by atoms with E-state index in [4.69, 9.17) is 4.42 Å². The van der Waals surface area contributed by atoms with E-state index in [1.54, 1.807) is 6.26 Å². The molecule has 0 spiro atoms. The average molecular weight is 270 g/mol. The van der Waals surface area contributed by atoms with Crippen molar-refractivity contribution >= 4 is 11.6 Å². The van der Waals surface area contributed by atoms with Gasteiger partial charge in [0.15, 0.2) is 0 Å². The van der Waals surface area contributed by atoms with Gasteiger partial charge < -0.3 is 15.1 Å². The summed E-state index contributed by atoms with van der Waals surface area (Å²) >= 11 is 0. The number of hydrogen-bond donors (Lipinski definition) is 2. The van der Waals surface area contributed by atoms with Gasteiger partial charge in [-0.1, -0.05) is 0 Å². The first-order valence-electron chi connectivity index (χ1n) is 6.92. The second kappa shape index (κ2) is 5.41. The molecule has 0 aliphatic carbocycles. The van der Waals surface area contributed by atoms with Crippen LogP contribution in [0.2, 0.25) is 0 Å². The molecule has 2 heterocycles. The van der Waals surface area contributed by atoms with E-state index in [2.05, 4.69) is 10.6 Å². The number of nitrogens with one attached hydrogen (secondary N) is 2. The zero-order chi connectivity index (χ0) is 13.9. The Bertz CT molecular complexity index is 605. The first kappa shape index (κ1) is 12.8. The molecule has 1 aliphatic heterocycles. The zero-order valence-electron chi connectivity index (χ0n) is 11.5. The van der Waals surface area contributed by atoms with Gasteiger partial charge in [0, 0.05) is 30.3 Å². The minimum absolute atomic E-state index is 0.0289. The van der Waals surface area contributed by atoms with Gasteiger partial charge in [-0.2, -0.15) is 0 Å². The Morgan fingerprint density at radius 1 is 1.45 bits per heavy atom. The van der Waals surface area contributed by atoms with E-state index in [1.807, 2.05) is 37.3 Å². The lowest BCUT2D eigenvalue weighted by atomic mass is 10.1. The Morgan fingerprint density at radius 3 is 3.15 bits per heavy atom. The highest BCUT2D eigenvalue weighted by Gasteiger charge is 2.15. The van der Waals surface area contributed by atoms with Crippen LogP contribution in [0.4, 0.5) is 5.69 Å². The summed E-state index contributed by atoms with van der Waals surface area (Å²) in [4.78, 5) is 12.2. The summed E-state index contributed by atoms with van der Waals surface area (Å²) in [6.45, 7) is 2.94. The fraction of sp³-hybridized carbons (Fsp3) is 0.312. The molecule has 4 heteroatoms. The highest BCUT2D eigenvalue weighted by atomic mass is 16.3. The smallest absolute Gasteiger partial charge is 0.251 e. The number of benzene rings is 1. The molecular weight excluding hydrogens is 252 g/mol. The minimum Gasteiger partial charge on any atom is -0.469 e. The standard InChI is InChI=1S/C16H18N2O2/c1-11(9-14-3-2-8-20-14)18-16(19)13-4-5-15-12(10-13)6-7-17-15/h2-5,8,10-11,17H,6-7,9H2,1H3,(H,18,19). The molecule has 1 aromatic heterocycles. The number of carbonyl (C=O) groups excluding carboxylic acids is 1. The van der Waals surface area contributed by atoms with Crippen LogP contribution in [0.3, 0.4) is 0 Å². The van der Waals surface area contributed by atoms with Gasteiger partial charge in [0.25, 0.3) is 5.91 Å². The molecule has 1 aliphatic rings. The van der Waals surface area contributed by atoms with E-state index in [9.17, 15) is 4.79 Å².